The highest BCUT2D eigenvalue weighted by Gasteiger charge is 2.34. The topological polar surface area (TPSA) is 32.8 Å². The zero-order valence-electron chi connectivity index (χ0n) is 15.9. The Morgan fingerprint density at radius 1 is 1.18 bits per heavy atom. The Balaban J connectivity index is 1.51. The minimum atomic E-state index is -0.172. The summed E-state index contributed by atoms with van der Waals surface area (Å²) in [6, 6.07) is 13.1. The van der Waals surface area contributed by atoms with Crippen LogP contribution in [0.15, 0.2) is 42.5 Å². The lowest BCUT2D eigenvalue weighted by atomic mass is 10.1. The third-order valence-corrected chi connectivity index (χ3v) is 6.01. The zero-order valence-corrected chi connectivity index (χ0v) is 17.4. The molecule has 2 aliphatic rings. The molecule has 4 nitrogen and oxygen atoms in total. The highest BCUT2D eigenvalue weighted by Crippen LogP contribution is 2.35. The molecule has 6 heteroatoms. The predicted octanol–water partition coefficient (Wildman–Crippen LogP) is 5.16. The lowest BCUT2D eigenvalue weighted by molar-refractivity contribution is -0.122. The minimum Gasteiger partial charge on any atom is -0.488 e. The van der Waals surface area contributed by atoms with E-state index < -0.39 is 0 Å². The van der Waals surface area contributed by atoms with Crippen molar-refractivity contribution in [3.05, 3.63) is 58.1 Å². The molecule has 0 bridgehead atoms. The van der Waals surface area contributed by atoms with Crippen molar-refractivity contribution in [2.45, 2.75) is 44.4 Å². The second kappa shape index (κ2) is 8.32. The number of ether oxygens (including phenoxy) is 1. The Morgan fingerprint density at radius 3 is 2.75 bits per heavy atom. The zero-order chi connectivity index (χ0) is 19.7. The maximum absolute atomic E-state index is 13.3. The van der Waals surface area contributed by atoms with Gasteiger partial charge in [-0.1, -0.05) is 35.3 Å². The number of likely N-dealkylation sites (tertiary alicyclic amines) is 1. The van der Waals surface area contributed by atoms with Crippen LogP contribution in [0.5, 0.6) is 5.75 Å². The summed E-state index contributed by atoms with van der Waals surface area (Å²) in [4.78, 5) is 17.3. The summed E-state index contributed by atoms with van der Waals surface area (Å²) in [5, 5.41) is 1.34. The number of halogens is 2. The number of likely N-dealkylation sites (N-methyl/N-ethyl adjacent to an activating group) is 1. The fourth-order valence-corrected chi connectivity index (χ4v) is 4.09. The van der Waals surface area contributed by atoms with E-state index in [0.29, 0.717) is 16.6 Å². The molecule has 1 saturated carbocycles. The molecule has 0 spiro atoms. The molecule has 1 saturated heterocycles. The van der Waals surface area contributed by atoms with Gasteiger partial charge in [-0.15, -0.1) is 0 Å². The third kappa shape index (κ3) is 4.29. The van der Waals surface area contributed by atoms with Crippen LogP contribution in [-0.2, 0) is 11.3 Å². The Hall–Kier alpha value is -1.75. The molecule has 148 valence electrons. The van der Waals surface area contributed by atoms with Gasteiger partial charge in [0, 0.05) is 23.6 Å². The Bertz CT molecular complexity index is 869. The average Bonchev–Trinajstić information content (AvgIpc) is 3.39. The maximum atomic E-state index is 13.3. The molecule has 1 atom stereocenters. The molecular weight excluding hydrogens is 395 g/mol. The van der Waals surface area contributed by atoms with Gasteiger partial charge >= 0.3 is 0 Å². The van der Waals surface area contributed by atoms with Crippen LogP contribution in [0, 0.1) is 0 Å². The van der Waals surface area contributed by atoms with Crippen molar-refractivity contribution >= 4 is 34.8 Å². The molecule has 0 N–H and O–H groups in total. The molecule has 2 aromatic rings. The molecule has 0 radical (unpaired) electrons. The van der Waals surface area contributed by atoms with Crippen molar-refractivity contribution in [1.29, 1.82) is 0 Å². The van der Waals surface area contributed by atoms with Gasteiger partial charge in [0.25, 0.3) is 0 Å². The number of benzene rings is 2. The van der Waals surface area contributed by atoms with Gasteiger partial charge in [-0.2, -0.15) is 0 Å². The molecule has 2 fully saturated rings. The summed E-state index contributed by atoms with van der Waals surface area (Å²) in [5.41, 5.74) is 1.78. The maximum Gasteiger partial charge on any atom is 0.244 e. The van der Waals surface area contributed by atoms with Gasteiger partial charge in [-0.25, -0.2) is 0 Å². The van der Waals surface area contributed by atoms with Crippen molar-refractivity contribution in [3.8, 4) is 5.75 Å². The van der Waals surface area contributed by atoms with E-state index in [9.17, 15) is 4.79 Å². The van der Waals surface area contributed by atoms with Gasteiger partial charge in [0.2, 0.25) is 5.91 Å². The van der Waals surface area contributed by atoms with E-state index in [1.807, 2.05) is 43.4 Å². The Labute approximate surface area is 176 Å². The molecule has 1 heterocycles. The monoisotopic (exact) mass is 418 g/mol. The van der Waals surface area contributed by atoms with Crippen LogP contribution in [0.1, 0.15) is 31.2 Å². The molecule has 28 heavy (non-hydrogen) atoms. The molecule has 1 aliphatic heterocycles. The largest absolute Gasteiger partial charge is 0.488 e. The standard InChI is InChI=1S/C22H24Cl2N2O2/c1-25(19-5-2-3-7-21(19)28-17-9-10-17)22(27)20-6-4-12-26(20)14-15-13-16(23)8-11-18(15)24/h2-3,5,7-8,11,13,17,20H,4,6,9-10,12,14H2,1H3. The normalized spacial score (nSPS) is 19.6. The summed E-state index contributed by atoms with van der Waals surface area (Å²) in [6.45, 7) is 1.48. The van der Waals surface area contributed by atoms with E-state index in [0.717, 1.165) is 49.2 Å². The van der Waals surface area contributed by atoms with Crippen LogP contribution < -0.4 is 9.64 Å². The number of hydrogen-bond acceptors (Lipinski definition) is 3. The summed E-state index contributed by atoms with van der Waals surface area (Å²) in [7, 11) is 1.83. The first-order valence-corrected chi connectivity index (χ1v) is 10.5. The van der Waals surface area contributed by atoms with Crippen LogP contribution in [0.25, 0.3) is 0 Å². The van der Waals surface area contributed by atoms with Gasteiger partial charge in [0.15, 0.2) is 0 Å². The predicted molar refractivity (Wildman–Crippen MR) is 113 cm³/mol. The summed E-state index contributed by atoms with van der Waals surface area (Å²) in [6.07, 6.45) is 4.29. The highest BCUT2D eigenvalue weighted by molar-refractivity contribution is 6.33. The number of rotatable bonds is 6. The van der Waals surface area contributed by atoms with Crippen LogP contribution in [0.3, 0.4) is 0 Å². The summed E-state index contributed by atoms with van der Waals surface area (Å²) in [5.74, 6) is 0.866. The molecule has 1 aliphatic carbocycles. The number of amides is 1. The van der Waals surface area contributed by atoms with E-state index in [2.05, 4.69) is 4.90 Å². The van der Waals surface area contributed by atoms with E-state index in [1.54, 1.807) is 11.0 Å². The molecule has 4 rings (SSSR count). The van der Waals surface area contributed by atoms with Crippen LogP contribution in [-0.4, -0.2) is 36.5 Å². The van der Waals surface area contributed by atoms with Crippen LogP contribution in [0.4, 0.5) is 5.69 Å². The summed E-state index contributed by atoms with van der Waals surface area (Å²) >= 11 is 12.5. The lowest BCUT2D eigenvalue weighted by Crippen LogP contribution is -2.44. The van der Waals surface area contributed by atoms with Crippen LogP contribution >= 0.6 is 23.2 Å². The molecular formula is C22H24Cl2N2O2. The first-order valence-electron chi connectivity index (χ1n) is 9.74. The fourth-order valence-electron chi connectivity index (χ4n) is 3.72. The van der Waals surface area contributed by atoms with Crippen molar-refractivity contribution in [2.75, 3.05) is 18.5 Å². The lowest BCUT2D eigenvalue weighted by Gasteiger charge is -2.29. The fraction of sp³-hybridized carbons (Fsp3) is 0.409. The number of para-hydroxylation sites is 2. The second-order valence-corrected chi connectivity index (χ2v) is 8.39. The molecule has 0 aromatic heterocycles. The van der Waals surface area contributed by atoms with E-state index in [-0.39, 0.29) is 18.1 Å². The minimum absolute atomic E-state index is 0.0856. The second-order valence-electron chi connectivity index (χ2n) is 7.55. The Morgan fingerprint density at radius 2 is 1.96 bits per heavy atom. The summed E-state index contributed by atoms with van der Waals surface area (Å²) < 4.78 is 6.00. The van der Waals surface area contributed by atoms with Crippen molar-refractivity contribution in [3.63, 3.8) is 0 Å². The molecule has 1 unspecified atom stereocenters. The van der Waals surface area contributed by atoms with Crippen molar-refractivity contribution < 1.29 is 9.53 Å². The number of anilines is 1. The van der Waals surface area contributed by atoms with Gasteiger partial charge < -0.3 is 9.64 Å². The smallest absolute Gasteiger partial charge is 0.244 e. The van der Waals surface area contributed by atoms with Gasteiger partial charge in [-0.05, 0) is 68.1 Å². The van der Waals surface area contributed by atoms with E-state index >= 15 is 0 Å². The van der Waals surface area contributed by atoms with Gasteiger partial charge in [0.1, 0.15) is 5.75 Å². The number of hydrogen-bond donors (Lipinski definition) is 0. The first kappa shape index (κ1) is 19.6. The number of nitrogens with zero attached hydrogens (tertiary/aromatic N) is 2. The third-order valence-electron chi connectivity index (χ3n) is 5.41. The number of carbonyl (C=O) groups excluding carboxylic acids is 1. The van der Waals surface area contributed by atoms with Crippen LogP contribution in [0.2, 0.25) is 10.0 Å². The highest BCUT2D eigenvalue weighted by atomic mass is 35.5. The van der Waals surface area contributed by atoms with Crippen molar-refractivity contribution in [1.82, 2.24) is 4.90 Å². The van der Waals surface area contributed by atoms with Gasteiger partial charge in [0.05, 0.1) is 17.8 Å². The molecule has 2 aromatic carbocycles. The van der Waals surface area contributed by atoms with Gasteiger partial charge in [-0.3, -0.25) is 9.69 Å². The molecule has 1 amide bonds. The van der Waals surface area contributed by atoms with Crippen molar-refractivity contribution in [2.24, 2.45) is 0 Å². The quantitative estimate of drug-likeness (QED) is 0.648. The Kier molecular flexibility index (Phi) is 5.81. The average molecular weight is 419 g/mol. The SMILES string of the molecule is CN(C(=O)C1CCCN1Cc1cc(Cl)ccc1Cl)c1ccccc1OC1CC1. The first-order chi connectivity index (χ1) is 13.5. The van der Waals surface area contributed by atoms with E-state index in [1.165, 1.54) is 0 Å². The number of carbonyl (C=O) groups is 1. The van der Waals surface area contributed by atoms with E-state index in [4.69, 9.17) is 27.9 Å².